The lowest BCUT2D eigenvalue weighted by Gasteiger charge is -2.26. The van der Waals surface area contributed by atoms with Gasteiger partial charge in [0.25, 0.3) is 5.91 Å². The van der Waals surface area contributed by atoms with Crippen LogP contribution in [-0.2, 0) is 11.4 Å². The monoisotopic (exact) mass is 411 g/mol. The number of piperidine rings is 1. The molecule has 0 atom stereocenters. The van der Waals surface area contributed by atoms with Crippen LogP contribution in [0.15, 0.2) is 42.7 Å². The van der Waals surface area contributed by atoms with Crippen molar-refractivity contribution in [1.82, 2.24) is 15.2 Å². The van der Waals surface area contributed by atoms with Crippen molar-refractivity contribution in [2.24, 2.45) is 0 Å². The Morgan fingerprint density at radius 1 is 1.10 bits per heavy atom. The van der Waals surface area contributed by atoms with Crippen LogP contribution in [0.1, 0.15) is 48.5 Å². The van der Waals surface area contributed by atoms with Crippen molar-refractivity contribution in [3.05, 3.63) is 53.9 Å². The number of carbonyl (C=O) groups excluding carboxylic acids is 2. The number of hydrogen-bond acceptors (Lipinski definition) is 5. The Hall–Kier alpha value is -3.09. The smallest absolute Gasteiger partial charge is 0.251 e. The van der Waals surface area contributed by atoms with Gasteiger partial charge >= 0.3 is 0 Å². The molecule has 1 aromatic carbocycles. The maximum absolute atomic E-state index is 12.5. The number of hydrogen-bond donors (Lipinski definition) is 1. The third-order valence-electron chi connectivity index (χ3n) is 4.96. The van der Waals surface area contributed by atoms with E-state index < -0.39 is 0 Å². The molecule has 0 saturated carbocycles. The summed E-state index contributed by atoms with van der Waals surface area (Å²) < 4.78 is 11.5. The number of rotatable bonds is 9. The second kappa shape index (κ2) is 11.2. The second-order valence-corrected chi connectivity index (χ2v) is 7.19. The summed E-state index contributed by atoms with van der Waals surface area (Å²) in [6, 6.07) is 8.88. The van der Waals surface area contributed by atoms with Crippen molar-refractivity contribution in [2.45, 2.75) is 39.2 Å². The zero-order chi connectivity index (χ0) is 21.2. The van der Waals surface area contributed by atoms with Crippen LogP contribution in [0.2, 0.25) is 0 Å². The summed E-state index contributed by atoms with van der Waals surface area (Å²) in [7, 11) is 0. The summed E-state index contributed by atoms with van der Waals surface area (Å²) in [6.07, 6.45) is 7.08. The lowest BCUT2D eigenvalue weighted by atomic mass is 10.1. The number of aromatic nitrogens is 1. The maximum atomic E-state index is 12.5. The molecule has 2 heterocycles. The zero-order valence-electron chi connectivity index (χ0n) is 17.4. The molecule has 2 aromatic rings. The van der Waals surface area contributed by atoms with Crippen LogP contribution in [0.4, 0.5) is 0 Å². The minimum atomic E-state index is -0.235. The molecule has 0 spiro atoms. The molecule has 160 valence electrons. The van der Waals surface area contributed by atoms with E-state index in [1.165, 1.54) is 6.42 Å². The molecule has 1 aliphatic rings. The lowest BCUT2D eigenvalue weighted by molar-refractivity contribution is -0.131. The van der Waals surface area contributed by atoms with Gasteiger partial charge in [-0.3, -0.25) is 14.6 Å². The third kappa shape index (κ3) is 6.20. The van der Waals surface area contributed by atoms with Gasteiger partial charge < -0.3 is 19.7 Å². The molecular formula is C23H29N3O4. The lowest BCUT2D eigenvalue weighted by Crippen LogP contribution is -2.37. The van der Waals surface area contributed by atoms with Gasteiger partial charge in [-0.15, -0.1) is 0 Å². The first-order chi connectivity index (χ1) is 14.7. The molecule has 1 N–H and O–H groups in total. The molecule has 0 bridgehead atoms. The molecule has 0 radical (unpaired) electrons. The Bertz CT molecular complexity index is 836. The van der Waals surface area contributed by atoms with E-state index in [9.17, 15) is 9.59 Å². The van der Waals surface area contributed by atoms with Gasteiger partial charge in [0.2, 0.25) is 5.91 Å². The number of nitrogens with zero attached hydrogens (tertiary/aromatic N) is 2. The van der Waals surface area contributed by atoms with Crippen molar-refractivity contribution < 1.29 is 19.1 Å². The third-order valence-corrected chi connectivity index (χ3v) is 4.96. The first kappa shape index (κ1) is 21.6. The van der Waals surface area contributed by atoms with Crippen molar-refractivity contribution in [3.63, 3.8) is 0 Å². The van der Waals surface area contributed by atoms with Gasteiger partial charge in [-0.25, -0.2) is 0 Å². The fourth-order valence-electron chi connectivity index (χ4n) is 3.37. The Morgan fingerprint density at radius 2 is 1.93 bits per heavy atom. The molecular weight excluding hydrogens is 382 g/mol. The molecule has 0 aliphatic carbocycles. The number of likely N-dealkylation sites (tertiary alicyclic amines) is 1. The largest absolute Gasteiger partial charge is 0.490 e. The van der Waals surface area contributed by atoms with Crippen LogP contribution in [-0.4, -0.2) is 47.9 Å². The van der Waals surface area contributed by atoms with E-state index in [1.807, 2.05) is 24.0 Å². The van der Waals surface area contributed by atoms with Gasteiger partial charge in [-0.05, 0) is 50.5 Å². The molecule has 1 fully saturated rings. The van der Waals surface area contributed by atoms with Crippen molar-refractivity contribution in [3.8, 4) is 11.5 Å². The average Bonchev–Trinajstić information content (AvgIpc) is 2.79. The number of amides is 2. The van der Waals surface area contributed by atoms with Crippen LogP contribution < -0.4 is 14.8 Å². The highest BCUT2D eigenvalue weighted by molar-refractivity contribution is 5.95. The minimum Gasteiger partial charge on any atom is -0.490 e. The van der Waals surface area contributed by atoms with E-state index in [2.05, 4.69) is 10.3 Å². The second-order valence-electron chi connectivity index (χ2n) is 7.19. The van der Waals surface area contributed by atoms with Gasteiger partial charge in [0, 0.05) is 49.6 Å². The van der Waals surface area contributed by atoms with E-state index in [-0.39, 0.29) is 11.8 Å². The van der Waals surface area contributed by atoms with Gasteiger partial charge in [-0.2, -0.15) is 0 Å². The highest BCUT2D eigenvalue weighted by atomic mass is 16.5. The molecule has 30 heavy (non-hydrogen) atoms. The first-order valence-electron chi connectivity index (χ1n) is 10.5. The van der Waals surface area contributed by atoms with E-state index in [1.54, 1.807) is 30.6 Å². The molecule has 3 rings (SSSR count). The van der Waals surface area contributed by atoms with Gasteiger partial charge in [0.15, 0.2) is 11.5 Å². The topological polar surface area (TPSA) is 80.8 Å². The predicted octanol–water partition coefficient (Wildman–Crippen LogP) is 3.19. The Morgan fingerprint density at radius 3 is 2.67 bits per heavy atom. The molecule has 7 heteroatoms. The van der Waals surface area contributed by atoms with E-state index >= 15 is 0 Å². The molecule has 2 amide bonds. The molecule has 1 aliphatic heterocycles. The van der Waals surface area contributed by atoms with Crippen LogP contribution >= 0.6 is 0 Å². The maximum Gasteiger partial charge on any atom is 0.251 e. The Balaban J connectivity index is 1.54. The van der Waals surface area contributed by atoms with Gasteiger partial charge in [-0.1, -0.05) is 6.07 Å². The summed E-state index contributed by atoms with van der Waals surface area (Å²) in [5.41, 5.74) is 1.41. The molecule has 0 unspecified atom stereocenters. The molecule has 7 nitrogen and oxygen atoms in total. The van der Waals surface area contributed by atoms with Crippen LogP contribution in [0.25, 0.3) is 0 Å². The summed E-state index contributed by atoms with van der Waals surface area (Å²) in [5, 5.41) is 2.82. The highest BCUT2D eigenvalue weighted by Crippen LogP contribution is 2.29. The number of nitrogens with one attached hydrogen (secondary N) is 1. The summed E-state index contributed by atoms with van der Waals surface area (Å²) in [5.74, 6) is 0.946. The fraction of sp³-hybridized carbons (Fsp3) is 0.435. The minimum absolute atomic E-state index is 0.101. The Labute approximate surface area is 177 Å². The SMILES string of the molecule is CCOc1cc(C(=O)NCCC(=O)N2CCCCC2)ccc1OCc1cccnc1. The van der Waals surface area contributed by atoms with E-state index in [4.69, 9.17) is 9.47 Å². The van der Waals surface area contributed by atoms with Crippen LogP contribution in [0.5, 0.6) is 11.5 Å². The zero-order valence-corrected chi connectivity index (χ0v) is 17.4. The first-order valence-corrected chi connectivity index (χ1v) is 10.5. The number of benzene rings is 1. The van der Waals surface area contributed by atoms with Crippen molar-refractivity contribution >= 4 is 11.8 Å². The van der Waals surface area contributed by atoms with Gasteiger partial charge in [0.05, 0.1) is 6.61 Å². The number of ether oxygens (including phenoxy) is 2. The highest BCUT2D eigenvalue weighted by Gasteiger charge is 2.17. The average molecular weight is 412 g/mol. The Kier molecular flexibility index (Phi) is 8.06. The van der Waals surface area contributed by atoms with Crippen LogP contribution in [0, 0.1) is 0 Å². The number of carbonyl (C=O) groups is 2. The number of pyridine rings is 1. The summed E-state index contributed by atoms with van der Waals surface area (Å²) >= 11 is 0. The van der Waals surface area contributed by atoms with Gasteiger partial charge in [0.1, 0.15) is 6.61 Å². The fourth-order valence-corrected chi connectivity index (χ4v) is 3.37. The summed E-state index contributed by atoms with van der Waals surface area (Å²) in [4.78, 5) is 30.7. The molecule has 1 saturated heterocycles. The van der Waals surface area contributed by atoms with Crippen LogP contribution in [0.3, 0.4) is 0 Å². The predicted molar refractivity (Wildman–Crippen MR) is 114 cm³/mol. The van der Waals surface area contributed by atoms with E-state index in [0.29, 0.717) is 43.2 Å². The normalized spacial score (nSPS) is 13.6. The standard InChI is InChI=1S/C23H29N3O4/c1-2-29-21-15-19(8-9-20(21)30-17-18-7-6-11-24-16-18)23(28)25-12-10-22(27)26-13-4-3-5-14-26/h6-9,11,15-16H,2-5,10,12-14,17H2,1H3,(H,25,28). The quantitative estimate of drug-likeness (QED) is 0.685. The molecule has 1 aromatic heterocycles. The van der Waals surface area contributed by atoms with Crippen molar-refractivity contribution in [1.29, 1.82) is 0 Å². The van der Waals surface area contributed by atoms with Crippen molar-refractivity contribution in [2.75, 3.05) is 26.2 Å². The van der Waals surface area contributed by atoms with E-state index in [0.717, 1.165) is 31.5 Å². The summed E-state index contributed by atoms with van der Waals surface area (Å²) in [6.45, 7) is 4.66.